The number of hydrogen-bond acceptors (Lipinski definition) is 2. The van der Waals surface area contributed by atoms with Gasteiger partial charge in [0.25, 0.3) is 0 Å². The maximum atomic E-state index is 3.84. The molecule has 0 aromatic carbocycles. The monoisotopic (exact) mass is 155 g/mol. The first-order chi connectivity index (χ1) is 4.66. The van der Waals surface area contributed by atoms with E-state index in [0.29, 0.717) is 0 Å². The Morgan fingerprint density at radius 3 is 2.50 bits per heavy atom. The maximum absolute atomic E-state index is 3.84. The van der Waals surface area contributed by atoms with Crippen molar-refractivity contribution >= 4 is 18.0 Å². The normalized spacial score (nSPS) is 9.90. The Morgan fingerprint density at radius 1 is 1.50 bits per heavy atom. The lowest BCUT2D eigenvalue weighted by Crippen LogP contribution is -1.72. The van der Waals surface area contributed by atoms with E-state index in [2.05, 4.69) is 30.8 Å². The van der Waals surface area contributed by atoms with E-state index in [1.54, 1.807) is 25.0 Å². The first-order valence-corrected chi connectivity index (χ1v) is 3.96. The van der Waals surface area contributed by atoms with Crippen molar-refractivity contribution in [1.82, 2.24) is 0 Å². The van der Waals surface area contributed by atoms with Gasteiger partial charge in [0.05, 0.1) is 0 Å². The molecule has 0 bridgehead atoms. The van der Waals surface area contributed by atoms with Gasteiger partial charge in [0.15, 0.2) is 0 Å². The largest absolute Gasteiger partial charge is 0.295 e. The summed E-state index contributed by atoms with van der Waals surface area (Å²) in [5.74, 6) is 0. The second-order valence-corrected chi connectivity index (χ2v) is 3.16. The minimum atomic E-state index is 0.976. The number of aliphatic imine (C=N–C) groups is 1. The molecule has 0 aromatic rings. The lowest BCUT2D eigenvalue weighted by atomic mass is 10.4. The Hall–Kier alpha value is -0.500. The van der Waals surface area contributed by atoms with Crippen LogP contribution in [0.5, 0.6) is 0 Å². The average Bonchev–Trinajstić information content (AvgIpc) is 1.85. The molecule has 0 aliphatic rings. The Bertz CT molecular complexity index is 164. The van der Waals surface area contributed by atoms with Crippen LogP contribution in [-0.4, -0.2) is 13.3 Å². The third-order valence-electron chi connectivity index (χ3n) is 0.719. The van der Waals surface area contributed by atoms with Crippen molar-refractivity contribution < 1.29 is 0 Å². The topological polar surface area (TPSA) is 12.4 Å². The van der Waals surface area contributed by atoms with E-state index in [1.165, 1.54) is 5.57 Å². The first-order valence-electron chi connectivity index (χ1n) is 3.08. The van der Waals surface area contributed by atoms with Gasteiger partial charge in [0, 0.05) is 18.2 Å². The molecule has 56 valence electrons. The van der Waals surface area contributed by atoms with E-state index in [-0.39, 0.29) is 0 Å². The fourth-order valence-electron chi connectivity index (χ4n) is 0.368. The third-order valence-corrected chi connectivity index (χ3v) is 1.72. The highest BCUT2D eigenvalue weighted by Gasteiger charge is 1.84. The number of allylic oxidation sites excluding steroid dienone is 2. The van der Waals surface area contributed by atoms with Gasteiger partial charge in [-0.2, -0.15) is 0 Å². The van der Waals surface area contributed by atoms with Gasteiger partial charge < -0.3 is 0 Å². The van der Waals surface area contributed by atoms with Crippen molar-refractivity contribution in [3.63, 3.8) is 0 Å². The molecule has 0 atom stereocenters. The zero-order valence-corrected chi connectivity index (χ0v) is 7.53. The molecule has 0 aliphatic carbocycles. The molecule has 0 amide bonds. The molecule has 0 spiro atoms. The van der Waals surface area contributed by atoms with Crippen molar-refractivity contribution in [1.29, 1.82) is 0 Å². The molecule has 0 N–H and O–H groups in total. The summed E-state index contributed by atoms with van der Waals surface area (Å²) in [6.45, 7) is 7.90. The molecule has 0 aromatic heterocycles. The fourth-order valence-corrected chi connectivity index (χ4v) is 0.921. The zero-order valence-electron chi connectivity index (χ0n) is 6.72. The van der Waals surface area contributed by atoms with Gasteiger partial charge in [-0.05, 0) is 19.3 Å². The van der Waals surface area contributed by atoms with Gasteiger partial charge in [-0.3, -0.25) is 4.99 Å². The van der Waals surface area contributed by atoms with Gasteiger partial charge in [0.2, 0.25) is 0 Å². The van der Waals surface area contributed by atoms with Crippen LogP contribution in [0.25, 0.3) is 0 Å². The Balaban J connectivity index is 3.71. The smallest absolute Gasteiger partial charge is 0.0342 e. The highest BCUT2D eigenvalue weighted by Crippen LogP contribution is 2.14. The van der Waals surface area contributed by atoms with E-state index >= 15 is 0 Å². The zero-order chi connectivity index (χ0) is 7.98. The molecular weight excluding hydrogens is 142 g/mol. The van der Waals surface area contributed by atoms with Crippen molar-refractivity contribution in [2.45, 2.75) is 13.8 Å². The number of thioether (sulfide) groups is 1. The Kier molecular flexibility index (Phi) is 5.03. The molecule has 2 heteroatoms. The molecule has 0 radical (unpaired) electrons. The summed E-state index contributed by atoms with van der Waals surface area (Å²) in [7, 11) is 1.74. The minimum Gasteiger partial charge on any atom is -0.295 e. The highest BCUT2D eigenvalue weighted by atomic mass is 32.2. The number of hydrogen-bond donors (Lipinski definition) is 0. The lowest BCUT2D eigenvalue weighted by Gasteiger charge is -1.91. The summed E-state index contributed by atoms with van der Waals surface area (Å²) in [5.41, 5.74) is 1.29. The molecule has 10 heavy (non-hydrogen) atoms. The Labute approximate surface area is 66.9 Å². The molecule has 0 fully saturated rings. The molecule has 1 nitrogen and oxygen atoms in total. The summed E-state index contributed by atoms with van der Waals surface area (Å²) < 4.78 is 0. The van der Waals surface area contributed by atoms with Crippen LogP contribution < -0.4 is 0 Å². The fraction of sp³-hybridized carbons (Fsp3) is 0.375. The summed E-state index contributed by atoms with van der Waals surface area (Å²) in [6, 6.07) is 0. The molecule has 0 saturated heterocycles. The van der Waals surface area contributed by atoms with E-state index in [0.717, 1.165) is 4.91 Å². The predicted molar refractivity (Wildman–Crippen MR) is 50.6 cm³/mol. The third kappa shape index (κ3) is 5.63. The maximum Gasteiger partial charge on any atom is 0.0342 e. The molecule has 0 rings (SSSR count). The van der Waals surface area contributed by atoms with Gasteiger partial charge in [-0.25, -0.2) is 0 Å². The summed E-state index contributed by atoms with van der Waals surface area (Å²) in [5, 5.41) is 2.06. The van der Waals surface area contributed by atoms with Crippen LogP contribution in [-0.2, 0) is 0 Å². The lowest BCUT2D eigenvalue weighted by molar-refractivity contribution is 1.42. The quantitative estimate of drug-likeness (QED) is 0.571. The van der Waals surface area contributed by atoms with E-state index < -0.39 is 0 Å². The SMILES string of the molecule is C=C(C=NC)SC=C(C)C. The summed E-state index contributed by atoms with van der Waals surface area (Å²) in [4.78, 5) is 4.81. The van der Waals surface area contributed by atoms with Crippen molar-refractivity contribution in [3.8, 4) is 0 Å². The first kappa shape index (κ1) is 9.50. The predicted octanol–water partition coefficient (Wildman–Crippen LogP) is 2.86. The van der Waals surface area contributed by atoms with Crippen LogP contribution in [0, 0.1) is 0 Å². The molecule has 0 saturated carbocycles. The molecule has 0 aliphatic heterocycles. The molecular formula is C8H13NS. The summed E-state index contributed by atoms with van der Waals surface area (Å²) in [6.07, 6.45) is 1.75. The second kappa shape index (κ2) is 5.30. The van der Waals surface area contributed by atoms with Crippen LogP contribution in [0.2, 0.25) is 0 Å². The second-order valence-electron chi connectivity index (χ2n) is 2.17. The van der Waals surface area contributed by atoms with Crippen LogP contribution in [0.3, 0.4) is 0 Å². The summed E-state index contributed by atoms with van der Waals surface area (Å²) >= 11 is 1.60. The Morgan fingerprint density at radius 2 is 2.10 bits per heavy atom. The average molecular weight is 155 g/mol. The van der Waals surface area contributed by atoms with Crippen LogP contribution in [0.4, 0.5) is 0 Å². The number of nitrogens with zero attached hydrogens (tertiary/aromatic N) is 1. The number of rotatable bonds is 3. The van der Waals surface area contributed by atoms with Crippen LogP contribution in [0.1, 0.15) is 13.8 Å². The standard InChI is InChI=1S/C8H13NS/c1-7(2)6-10-8(3)5-9-4/h5-6H,3H2,1-2,4H3. The molecule has 0 heterocycles. The van der Waals surface area contributed by atoms with Crippen molar-refractivity contribution in [2.75, 3.05) is 7.05 Å². The highest BCUT2D eigenvalue weighted by molar-refractivity contribution is 8.06. The van der Waals surface area contributed by atoms with E-state index in [1.807, 2.05) is 0 Å². The molecule has 0 unspecified atom stereocenters. The van der Waals surface area contributed by atoms with Gasteiger partial charge in [-0.15, -0.1) is 0 Å². The van der Waals surface area contributed by atoms with Gasteiger partial charge in [0.1, 0.15) is 0 Å². The minimum absolute atomic E-state index is 0.976. The van der Waals surface area contributed by atoms with Crippen LogP contribution >= 0.6 is 11.8 Å². The van der Waals surface area contributed by atoms with Crippen molar-refractivity contribution in [2.24, 2.45) is 4.99 Å². The van der Waals surface area contributed by atoms with Gasteiger partial charge in [-0.1, -0.05) is 23.9 Å². The van der Waals surface area contributed by atoms with E-state index in [9.17, 15) is 0 Å². The van der Waals surface area contributed by atoms with Crippen LogP contribution in [0.15, 0.2) is 27.5 Å². The van der Waals surface area contributed by atoms with Gasteiger partial charge >= 0.3 is 0 Å². The van der Waals surface area contributed by atoms with Crippen molar-refractivity contribution in [3.05, 3.63) is 22.5 Å². The van der Waals surface area contributed by atoms with E-state index in [4.69, 9.17) is 0 Å².